The van der Waals surface area contributed by atoms with E-state index in [4.69, 9.17) is 9.47 Å². The van der Waals surface area contributed by atoms with Crippen LogP contribution in [-0.4, -0.2) is 29.1 Å². The van der Waals surface area contributed by atoms with E-state index in [9.17, 15) is 9.59 Å². The zero-order valence-electron chi connectivity index (χ0n) is 15.8. The van der Waals surface area contributed by atoms with Crippen LogP contribution in [0.1, 0.15) is 71.6 Å². The van der Waals surface area contributed by atoms with Crippen molar-refractivity contribution in [3.8, 4) is 0 Å². The first-order chi connectivity index (χ1) is 12.3. The van der Waals surface area contributed by atoms with Crippen LogP contribution in [-0.2, 0) is 19.1 Å². The van der Waals surface area contributed by atoms with Gasteiger partial charge in [-0.05, 0) is 62.9 Å². The smallest absolute Gasteiger partial charge is 0.306 e. The first kappa shape index (κ1) is 15.9. The van der Waals surface area contributed by atoms with E-state index in [-0.39, 0.29) is 34.1 Å². The minimum atomic E-state index is -0.244. The molecule has 4 heteroatoms. The summed E-state index contributed by atoms with van der Waals surface area (Å²) in [5.74, 6) is 1.40. The highest BCUT2D eigenvalue weighted by molar-refractivity contribution is 5.91. The Morgan fingerprint density at radius 3 is 2.62 bits per heavy atom. The lowest BCUT2D eigenvalue weighted by Gasteiger charge is -2.56. The van der Waals surface area contributed by atoms with E-state index >= 15 is 0 Å². The summed E-state index contributed by atoms with van der Waals surface area (Å²) in [5.41, 5.74) is 1.12. The third-order valence-electron chi connectivity index (χ3n) is 9.67. The fourth-order valence-corrected chi connectivity index (χ4v) is 8.30. The maximum absolute atomic E-state index is 12.0. The number of rotatable bonds is 0. The van der Waals surface area contributed by atoms with Gasteiger partial charge in [-0.1, -0.05) is 19.4 Å². The summed E-state index contributed by atoms with van der Waals surface area (Å²) < 4.78 is 12.6. The van der Waals surface area contributed by atoms with Crippen LogP contribution < -0.4 is 0 Å². The Balaban J connectivity index is 1.42. The number of esters is 1. The summed E-state index contributed by atoms with van der Waals surface area (Å²) in [6.45, 7) is 4.74. The van der Waals surface area contributed by atoms with Gasteiger partial charge in [0.25, 0.3) is 0 Å². The molecule has 2 aliphatic heterocycles. The topological polar surface area (TPSA) is 55.9 Å². The van der Waals surface area contributed by atoms with Crippen molar-refractivity contribution in [3.63, 3.8) is 0 Å². The van der Waals surface area contributed by atoms with Gasteiger partial charge < -0.3 is 9.47 Å². The number of hydrogen-bond acceptors (Lipinski definition) is 4. The Labute approximate surface area is 154 Å². The summed E-state index contributed by atoms with van der Waals surface area (Å²) in [5, 5.41) is 0. The highest BCUT2D eigenvalue weighted by Crippen LogP contribution is 2.77. The fourth-order valence-electron chi connectivity index (χ4n) is 8.30. The summed E-state index contributed by atoms with van der Waals surface area (Å²) in [6.07, 6.45) is 10.6. The van der Waals surface area contributed by atoms with E-state index in [1.54, 1.807) is 0 Å². The average Bonchev–Trinajstić information content (AvgIpc) is 3.08. The molecule has 0 aromatic carbocycles. The molecule has 26 heavy (non-hydrogen) atoms. The maximum atomic E-state index is 12.0. The van der Waals surface area contributed by atoms with Crippen molar-refractivity contribution in [2.45, 2.75) is 88.9 Å². The number of fused-ring (bicyclic) bond motifs is 4. The molecule has 4 nitrogen and oxygen atoms in total. The molecule has 0 aromatic heterocycles. The highest BCUT2D eigenvalue weighted by Gasteiger charge is 2.81. The Hall–Kier alpha value is -1.16. The Morgan fingerprint density at radius 1 is 1.00 bits per heavy atom. The lowest BCUT2D eigenvalue weighted by Crippen LogP contribution is -2.59. The SMILES string of the molecule is C[C@]12CCC(=O)C=C1CC[C@H]1[C@@H]3CC[C@@]4(CCC(=O)O4)[C@@]3(C)C[C@H]3OC312. The van der Waals surface area contributed by atoms with Gasteiger partial charge in [0.05, 0.1) is 6.10 Å². The normalized spacial score (nSPS) is 57.0. The summed E-state index contributed by atoms with van der Waals surface area (Å²) in [7, 11) is 0. The van der Waals surface area contributed by atoms with Crippen molar-refractivity contribution in [2.75, 3.05) is 0 Å². The monoisotopic (exact) mass is 356 g/mol. The number of carbonyl (C=O) groups excluding carboxylic acids is 2. The Kier molecular flexibility index (Phi) is 2.72. The van der Waals surface area contributed by atoms with Crippen molar-refractivity contribution < 1.29 is 19.1 Å². The molecule has 5 fully saturated rings. The van der Waals surface area contributed by atoms with Crippen LogP contribution in [0.5, 0.6) is 0 Å². The van der Waals surface area contributed by atoms with E-state index in [0.29, 0.717) is 30.5 Å². The van der Waals surface area contributed by atoms with Crippen LogP contribution >= 0.6 is 0 Å². The molecule has 2 spiro atoms. The van der Waals surface area contributed by atoms with Gasteiger partial charge in [-0.15, -0.1) is 0 Å². The fraction of sp³-hybridized carbons (Fsp3) is 0.818. The molecule has 0 aromatic rings. The number of epoxide rings is 1. The van der Waals surface area contributed by atoms with Crippen molar-refractivity contribution in [1.29, 1.82) is 0 Å². The van der Waals surface area contributed by atoms with Crippen LogP contribution in [0.3, 0.4) is 0 Å². The van der Waals surface area contributed by atoms with Gasteiger partial charge in [-0.3, -0.25) is 9.59 Å². The maximum Gasteiger partial charge on any atom is 0.306 e. The molecule has 0 N–H and O–H groups in total. The van der Waals surface area contributed by atoms with Crippen molar-refractivity contribution in [2.24, 2.45) is 22.7 Å². The molecule has 140 valence electrons. The molecule has 6 aliphatic rings. The average molecular weight is 356 g/mol. The van der Waals surface area contributed by atoms with E-state index in [2.05, 4.69) is 13.8 Å². The second-order valence-electron chi connectivity index (χ2n) is 10.2. The molecule has 6 rings (SSSR count). The van der Waals surface area contributed by atoms with Gasteiger partial charge in [-0.25, -0.2) is 0 Å². The van der Waals surface area contributed by atoms with Crippen molar-refractivity contribution in [1.82, 2.24) is 0 Å². The first-order valence-electron chi connectivity index (χ1n) is 10.5. The zero-order valence-corrected chi connectivity index (χ0v) is 15.8. The second-order valence-corrected chi connectivity index (χ2v) is 10.2. The van der Waals surface area contributed by atoms with Gasteiger partial charge in [0.1, 0.15) is 11.2 Å². The van der Waals surface area contributed by atoms with Crippen LogP contribution in [0, 0.1) is 22.7 Å². The molecule has 1 unspecified atom stereocenters. The number of ether oxygens (including phenoxy) is 2. The third-order valence-corrected chi connectivity index (χ3v) is 9.67. The minimum Gasteiger partial charge on any atom is -0.458 e. The molecular weight excluding hydrogens is 328 g/mol. The predicted octanol–water partition coefficient (Wildman–Crippen LogP) is 3.73. The van der Waals surface area contributed by atoms with E-state index < -0.39 is 0 Å². The van der Waals surface area contributed by atoms with Crippen LogP contribution in [0.25, 0.3) is 0 Å². The molecule has 2 heterocycles. The molecule has 3 saturated carbocycles. The Bertz CT molecular complexity index is 770. The van der Waals surface area contributed by atoms with E-state index in [0.717, 1.165) is 44.9 Å². The lowest BCUT2D eigenvalue weighted by atomic mass is 9.46. The standard InChI is InChI=1S/C22H28O4/c1-19-8-5-14(23)11-13(19)3-4-16-15-6-9-21(10-7-18(24)26-21)20(15,2)12-17-22(16,19)25-17/h11,15-17H,3-10,12H2,1-2H3/t15-,16-,17+,19-,20-,21+,22?/m0/s1. The van der Waals surface area contributed by atoms with Gasteiger partial charge in [0.15, 0.2) is 5.78 Å². The number of hydrogen-bond donors (Lipinski definition) is 0. The van der Waals surface area contributed by atoms with Gasteiger partial charge in [0, 0.05) is 23.7 Å². The van der Waals surface area contributed by atoms with Gasteiger partial charge >= 0.3 is 5.97 Å². The molecule has 0 amide bonds. The number of ketones is 1. The van der Waals surface area contributed by atoms with Crippen molar-refractivity contribution in [3.05, 3.63) is 11.6 Å². The third kappa shape index (κ3) is 1.51. The molecule has 4 aliphatic carbocycles. The molecule has 0 bridgehead atoms. The van der Waals surface area contributed by atoms with Crippen LogP contribution in [0.15, 0.2) is 11.6 Å². The summed E-state index contributed by atoms with van der Waals surface area (Å²) in [6, 6.07) is 0. The van der Waals surface area contributed by atoms with E-state index in [1.165, 1.54) is 5.57 Å². The molecule has 0 radical (unpaired) electrons. The largest absolute Gasteiger partial charge is 0.458 e. The zero-order chi connectivity index (χ0) is 17.9. The van der Waals surface area contributed by atoms with Crippen LogP contribution in [0.4, 0.5) is 0 Å². The number of carbonyl (C=O) groups is 2. The second kappa shape index (κ2) is 4.45. The highest BCUT2D eigenvalue weighted by atomic mass is 16.6. The first-order valence-corrected chi connectivity index (χ1v) is 10.5. The van der Waals surface area contributed by atoms with Gasteiger partial charge in [0.2, 0.25) is 0 Å². The van der Waals surface area contributed by atoms with Crippen molar-refractivity contribution >= 4 is 11.8 Å². The van der Waals surface area contributed by atoms with E-state index in [1.807, 2.05) is 6.08 Å². The van der Waals surface area contributed by atoms with Crippen LogP contribution in [0.2, 0.25) is 0 Å². The molecule has 7 atom stereocenters. The van der Waals surface area contributed by atoms with Gasteiger partial charge in [-0.2, -0.15) is 0 Å². The molecular formula is C22H28O4. The quantitative estimate of drug-likeness (QED) is 0.490. The predicted molar refractivity (Wildman–Crippen MR) is 94.3 cm³/mol. The lowest BCUT2D eigenvalue weighted by molar-refractivity contribution is -0.164. The Morgan fingerprint density at radius 2 is 1.85 bits per heavy atom. The minimum absolute atomic E-state index is 0.00737. The summed E-state index contributed by atoms with van der Waals surface area (Å²) >= 11 is 0. The molecule has 2 saturated heterocycles. The summed E-state index contributed by atoms with van der Waals surface area (Å²) in [4.78, 5) is 24.0.